The lowest BCUT2D eigenvalue weighted by molar-refractivity contribution is 0.674. The molecule has 0 saturated carbocycles. The first-order valence-electron chi connectivity index (χ1n) is 21.8. The minimum Gasteiger partial charge on any atom is -0.455 e. The largest absolute Gasteiger partial charge is 0.455 e. The summed E-state index contributed by atoms with van der Waals surface area (Å²) in [6.07, 6.45) is 0. The van der Waals surface area contributed by atoms with Crippen molar-refractivity contribution >= 4 is 85.8 Å². The first-order chi connectivity index (χ1) is 31.2. The van der Waals surface area contributed by atoms with E-state index >= 15 is 0 Å². The first-order valence-corrected chi connectivity index (χ1v) is 22.6. The van der Waals surface area contributed by atoms with E-state index in [0.29, 0.717) is 0 Å². The molecule has 1 aliphatic rings. The maximum atomic E-state index is 6.98. The van der Waals surface area contributed by atoms with E-state index in [-0.39, 0.29) is 5.92 Å². The summed E-state index contributed by atoms with van der Waals surface area (Å²) in [5.74, 6) is 0.135. The van der Waals surface area contributed by atoms with Crippen LogP contribution in [0.3, 0.4) is 0 Å². The summed E-state index contributed by atoms with van der Waals surface area (Å²) in [6.45, 7) is 0. The van der Waals surface area contributed by atoms with Crippen LogP contribution in [0.5, 0.6) is 0 Å². The van der Waals surface area contributed by atoms with Gasteiger partial charge in [-0.05, 0) is 119 Å². The van der Waals surface area contributed by atoms with Crippen LogP contribution in [0, 0.1) is 0 Å². The van der Waals surface area contributed by atoms with Crippen molar-refractivity contribution in [1.29, 1.82) is 0 Å². The molecule has 2 heterocycles. The summed E-state index contributed by atoms with van der Waals surface area (Å²) >= 11 is 1.89. The second-order valence-electron chi connectivity index (χ2n) is 17.1. The summed E-state index contributed by atoms with van der Waals surface area (Å²) in [5, 5.41) is 12.2. The standard InChI is InChI=1S/C61H36OS/c1-2-11-37(12-3-1)45-18-9-22-53-56-34-40(27-30-57(56)63-61(45)53)39-25-28-49-55(33-39)47-16-6-7-17-48(47)58(49)42-24-23-38-31-41-26-29-52-51-21-10-20-50(46-19-8-14-36-13-4-5-15-44(36)46)59(51)62-60(52)54(41)35-43(38)32-42/h1-35,58H. The van der Waals surface area contributed by atoms with Gasteiger partial charge in [-0.1, -0.05) is 176 Å². The van der Waals surface area contributed by atoms with E-state index in [4.69, 9.17) is 4.42 Å². The highest BCUT2D eigenvalue weighted by Crippen LogP contribution is 2.50. The first kappa shape index (κ1) is 34.9. The smallest absolute Gasteiger partial charge is 0.143 e. The zero-order valence-corrected chi connectivity index (χ0v) is 34.9. The third kappa shape index (κ3) is 5.22. The van der Waals surface area contributed by atoms with Crippen LogP contribution in [0.4, 0.5) is 0 Å². The van der Waals surface area contributed by atoms with Gasteiger partial charge in [0.2, 0.25) is 0 Å². The average Bonchev–Trinajstić information content (AvgIpc) is 4.03. The molecular formula is C61H36OS. The van der Waals surface area contributed by atoms with E-state index in [1.54, 1.807) is 0 Å². The molecule has 2 aromatic heterocycles. The number of hydrogen-bond donors (Lipinski definition) is 0. The van der Waals surface area contributed by atoms with Crippen molar-refractivity contribution in [3.8, 4) is 44.5 Å². The monoisotopic (exact) mass is 816 g/mol. The summed E-state index contributed by atoms with van der Waals surface area (Å²) < 4.78 is 9.65. The fraction of sp³-hybridized carbons (Fsp3) is 0.0164. The van der Waals surface area contributed by atoms with Crippen LogP contribution in [0.1, 0.15) is 22.6 Å². The molecule has 2 heteroatoms. The van der Waals surface area contributed by atoms with Crippen LogP contribution < -0.4 is 0 Å². The predicted octanol–water partition coefficient (Wildman–Crippen LogP) is 17.6. The summed E-state index contributed by atoms with van der Waals surface area (Å²) in [6, 6.07) is 78.6. The zero-order valence-electron chi connectivity index (χ0n) is 34.1. The molecule has 1 unspecified atom stereocenters. The Morgan fingerprint density at radius 2 is 1.02 bits per heavy atom. The van der Waals surface area contributed by atoms with Crippen LogP contribution >= 0.6 is 11.3 Å². The normalized spacial score (nSPS) is 13.6. The van der Waals surface area contributed by atoms with Crippen LogP contribution in [0.25, 0.3) is 119 Å². The Kier molecular flexibility index (Phi) is 7.40. The topological polar surface area (TPSA) is 13.1 Å². The Labute approximate surface area is 367 Å². The van der Waals surface area contributed by atoms with E-state index in [9.17, 15) is 0 Å². The maximum Gasteiger partial charge on any atom is 0.143 e. The summed E-state index contributed by atoms with van der Waals surface area (Å²) in [7, 11) is 0. The minimum atomic E-state index is 0.135. The van der Waals surface area contributed by atoms with Gasteiger partial charge in [0.1, 0.15) is 11.2 Å². The van der Waals surface area contributed by atoms with E-state index in [2.05, 4.69) is 212 Å². The van der Waals surface area contributed by atoms with Crippen molar-refractivity contribution in [1.82, 2.24) is 0 Å². The molecule has 0 N–H and O–H groups in total. The molecule has 0 spiro atoms. The summed E-state index contributed by atoms with van der Waals surface area (Å²) in [5.41, 5.74) is 15.9. The predicted molar refractivity (Wildman–Crippen MR) is 268 cm³/mol. The lowest BCUT2D eigenvalue weighted by Crippen LogP contribution is -1.99. The molecule has 292 valence electrons. The molecule has 1 atom stereocenters. The molecule has 63 heavy (non-hydrogen) atoms. The number of para-hydroxylation sites is 1. The molecule has 14 rings (SSSR count). The molecule has 0 saturated heterocycles. The van der Waals surface area contributed by atoms with Crippen molar-refractivity contribution in [2.24, 2.45) is 0 Å². The van der Waals surface area contributed by atoms with Crippen LogP contribution in [-0.4, -0.2) is 0 Å². The molecule has 1 aliphatic carbocycles. The molecule has 0 fully saturated rings. The quantitative estimate of drug-likeness (QED) is 0.161. The van der Waals surface area contributed by atoms with Gasteiger partial charge in [0.15, 0.2) is 0 Å². The second kappa shape index (κ2) is 13.4. The summed E-state index contributed by atoms with van der Waals surface area (Å²) in [4.78, 5) is 0. The van der Waals surface area contributed by atoms with Gasteiger partial charge < -0.3 is 4.42 Å². The molecule has 0 bridgehead atoms. The molecular weight excluding hydrogens is 781 g/mol. The Bertz CT molecular complexity index is 4030. The molecule has 0 amide bonds. The average molecular weight is 817 g/mol. The van der Waals surface area contributed by atoms with Gasteiger partial charge in [0.25, 0.3) is 0 Å². The minimum absolute atomic E-state index is 0.135. The van der Waals surface area contributed by atoms with E-state index in [1.165, 1.54) is 103 Å². The second-order valence-corrected chi connectivity index (χ2v) is 18.2. The van der Waals surface area contributed by atoms with Gasteiger partial charge >= 0.3 is 0 Å². The zero-order chi connectivity index (χ0) is 41.2. The number of thiophene rings is 1. The highest BCUT2D eigenvalue weighted by molar-refractivity contribution is 7.26. The van der Waals surface area contributed by atoms with Gasteiger partial charge in [-0.15, -0.1) is 11.3 Å². The number of rotatable bonds is 4. The van der Waals surface area contributed by atoms with Crippen molar-refractivity contribution < 1.29 is 4.42 Å². The van der Waals surface area contributed by atoms with E-state index < -0.39 is 0 Å². The highest BCUT2D eigenvalue weighted by atomic mass is 32.1. The third-order valence-corrected chi connectivity index (χ3v) is 14.9. The van der Waals surface area contributed by atoms with E-state index in [1.807, 2.05) is 11.3 Å². The van der Waals surface area contributed by atoms with Crippen molar-refractivity contribution in [2.45, 2.75) is 5.92 Å². The molecule has 11 aromatic carbocycles. The number of benzene rings is 11. The molecule has 13 aromatic rings. The van der Waals surface area contributed by atoms with Crippen molar-refractivity contribution in [3.05, 3.63) is 229 Å². The van der Waals surface area contributed by atoms with Crippen LogP contribution in [0.15, 0.2) is 217 Å². The van der Waals surface area contributed by atoms with Crippen LogP contribution in [-0.2, 0) is 0 Å². The van der Waals surface area contributed by atoms with Gasteiger partial charge in [0.05, 0.1) is 0 Å². The van der Waals surface area contributed by atoms with Crippen molar-refractivity contribution in [3.63, 3.8) is 0 Å². The lowest BCUT2D eigenvalue weighted by Gasteiger charge is -2.16. The lowest BCUT2D eigenvalue weighted by atomic mass is 9.87. The van der Waals surface area contributed by atoms with E-state index in [0.717, 1.165) is 32.9 Å². The fourth-order valence-electron chi connectivity index (χ4n) is 10.8. The Morgan fingerprint density at radius 3 is 1.97 bits per heavy atom. The molecule has 0 aliphatic heterocycles. The van der Waals surface area contributed by atoms with Gasteiger partial charge in [-0.25, -0.2) is 0 Å². The number of fused-ring (bicyclic) bond motifs is 13. The van der Waals surface area contributed by atoms with Gasteiger partial charge in [-0.3, -0.25) is 0 Å². The van der Waals surface area contributed by atoms with Crippen molar-refractivity contribution in [2.75, 3.05) is 0 Å². The van der Waals surface area contributed by atoms with Gasteiger partial charge in [-0.2, -0.15) is 0 Å². The Balaban J connectivity index is 0.879. The highest BCUT2D eigenvalue weighted by Gasteiger charge is 2.30. The number of furan rings is 1. The molecule has 1 nitrogen and oxygen atoms in total. The fourth-order valence-corrected chi connectivity index (χ4v) is 12.0. The molecule has 0 radical (unpaired) electrons. The van der Waals surface area contributed by atoms with Crippen LogP contribution in [0.2, 0.25) is 0 Å². The maximum absolute atomic E-state index is 6.98. The Morgan fingerprint density at radius 1 is 0.317 bits per heavy atom. The Hall–Kier alpha value is -7.78. The SMILES string of the molecule is c1ccc(-c2cccc3c2sc2ccc(-c4ccc5c(c4)-c4ccccc4C5c4ccc5cc6ccc7c8cccc(-c9cccc%10ccccc9%10)c8oc7c6cc5c4)cc23)cc1. The number of hydrogen-bond acceptors (Lipinski definition) is 2. The van der Waals surface area contributed by atoms with Gasteiger partial charge in [0, 0.05) is 47.8 Å². The third-order valence-electron chi connectivity index (χ3n) is 13.7.